The Labute approximate surface area is 122 Å². The van der Waals surface area contributed by atoms with Gasteiger partial charge in [0.1, 0.15) is 0 Å². The maximum atomic E-state index is 12.7. The fourth-order valence-electron chi connectivity index (χ4n) is 3.18. The third kappa shape index (κ3) is 2.06. The monoisotopic (exact) mass is 293 g/mol. The average molecular weight is 294 g/mol. The molecule has 2 saturated heterocycles. The van der Waals surface area contributed by atoms with Gasteiger partial charge in [0, 0.05) is 32.5 Å². The van der Waals surface area contributed by atoms with Gasteiger partial charge in [0.05, 0.1) is 22.5 Å². The van der Waals surface area contributed by atoms with Crippen molar-refractivity contribution < 1.29 is 9.59 Å². The van der Waals surface area contributed by atoms with Gasteiger partial charge in [-0.15, -0.1) is 0 Å². The highest BCUT2D eigenvalue weighted by molar-refractivity contribution is 6.33. The molecule has 2 amide bonds. The molecule has 6 heteroatoms. The molecule has 1 aromatic heterocycles. The lowest BCUT2D eigenvalue weighted by Crippen LogP contribution is -2.48. The standard InChI is InChI=1S/C14H16ClN3O2/c1-17-8-12-10(13(17)19)3-2-6-18(12)14(20)9-4-5-16-7-11(9)15/h4-5,7,10,12H,2-3,6,8H2,1H3/t10-,12-/m1/s1. The molecule has 2 aliphatic heterocycles. The summed E-state index contributed by atoms with van der Waals surface area (Å²) in [7, 11) is 1.79. The van der Waals surface area contributed by atoms with Crippen molar-refractivity contribution in [1.29, 1.82) is 0 Å². The number of piperidine rings is 1. The van der Waals surface area contributed by atoms with E-state index in [-0.39, 0.29) is 23.8 Å². The van der Waals surface area contributed by atoms with Crippen LogP contribution in [-0.2, 0) is 4.79 Å². The van der Waals surface area contributed by atoms with Crippen molar-refractivity contribution in [2.24, 2.45) is 5.92 Å². The summed E-state index contributed by atoms with van der Waals surface area (Å²) in [4.78, 5) is 32.1. The normalized spacial score (nSPS) is 25.8. The summed E-state index contributed by atoms with van der Waals surface area (Å²) < 4.78 is 0. The molecule has 2 fully saturated rings. The van der Waals surface area contributed by atoms with Crippen LogP contribution < -0.4 is 0 Å². The Bertz CT molecular complexity index is 563. The summed E-state index contributed by atoms with van der Waals surface area (Å²) in [5.41, 5.74) is 0.462. The van der Waals surface area contributed by atoms with Crippen molar-refractivity contribution in [3.63, 3.8) is 0 Å². The van der Waals surface area contributed by atoms with Crippen molar-refractivity contribution in [3.05, 3.63) is 29.0 Å². The van der Waals surface area contributed by atoms with Crippen LogP contribution in [0, 0.1) is 5.92 Å². The lowest BCUT2D eigenvalue weighted by atomic mass is 9.91. The van der Waals surface area contributed by atoms with E-state index in [1.54, 1.807) is 29.1 Å². The summed E-state index contributed by atoms with van der Waals surface area (Å²) >= 11 is 6.05. The van der Waals surface area contributed by atoms with Crippen molar-refractivity contribution in [2.45, 2.75) is 18.9 Å². The smallest absolute Gasteiger partial charge is 0.255 e. The van der Waals surface area contributed by atoms with Crippen LogP contribution in [0.25, 0.3) is 0 Å². The number of likely N-dealkylation sites (tertiary alicyclic amines) is 2. The molecule has 5 nitrogen and oxygen atoms in total. The summed E-state index contributed by atoms with van der Waals surface area (Å²) in [6.07, 6.45) is 4.76. The molecule has 0 aromatic carbocycles. The number of amides is 2. The largest absolute Gasteiger partial charge is 0.343 e. The number of hydrogen-bond donors (Lipinski definition) is 0. The number of nitrogens with zero attached hydrogens (tertiary/aromatic N) is 3. The second-order valence-electron chi connectivity index (χ2n) is 5.39. The van der Waals surface area contributed by atoms with E-state index < -0.39 is 0 Å². The molecule has 3 rings (SSSR count). The third-order valence-electron chi connectivity index (χ3n) is 4.20. The second-order valence-corrected chi connectivity index (χ2v) is 5.80. The van der Waals surface area contributed by atoms with Gasteiger partial charge in [-0.3, -0.25) is 14.6 Å². The average Bonchev–Trinajstić information content (AvgIpc) is 2.74. The van der Waals surface area contributed by atoms with E-state index in [1.807, 2.05) is 0 Å². The van der Waals surface area contributed by atoms with Crippen LogP contribution in [0.3, 0.4) is 0 Å². The zero-order valence-corrected chi connectivity index (χ0v) is 12.0. The molecule has 20 heavy (non-hydrogen) atoms. The molecule has 0 unspecified atom stereocenters. The highest BCUT2D eigenvalue weighted by Crippen LogP contribution is 2.32. The quantitative estimate of drug-likeness (QED) is 0.787. The first-order valence-electron chi connectivity index (χ1n) is 6.75. The van der Waals surface area contributed by atoms with E-state index in [0.29, 0.717) is 23.7 Å². The van der Waals surface area contributed by atoms with Gasteiger partial charge in [-0.2, -0.15) is 0 Å². The Morgan fingerprint density at radius 1 is 1.50 bits per heavy atom. The number of likely N-dealkylation sites (N-methyl/N-ethyl adjacent to an activating group) is 1. The molecule has 0 aliphatic carbocycles. The Morgan fingerprint density at radius 2 is 2.30 bits per heavy atom. The molecule has 2 aliphatic rings. The molecule has 0 spiro atoms. The van der Waals surface area contributed by atoms with Crippen LogP contribution in [-0.4, -0.2) is 52.8 Å². The van der Waals surface area contributed by atoms with Gasteiger partial charge in [-0.1, -0.05) is 11.6 Å². The predicted octanol–water partition coefficient (Wildman–Crippen LogP) is 1.43. The summed E-state index contributed by atoms with van der Waals surface area (Å²) in [6, 6.07) is 1.60. The van der Waals surface area contributed by atoms with Crippen molar-refractivity contribution in [3.8, 4) is 0 Å². The number of carbonyl (C=O) groups excluding carboxylic acids is 2. The van der Waals surface area contributed by atoms with E-state index in [4.69, 9.17) is 11.6 Å². The van der Waals surface area contributed by atoms with Crippen molar-refractivity contribution in [2.75, 3.05) is 20.1 Å². The maximum Gasteiger partial charge on any atom is 0.255 e. The molecule has 1 aromatic rings. The van der Waals surface area contributed by atoms with Crippen LogP contribution in [0.1, 0.15) is 23.2 Å². The predicted molar refractivity (Wildman–Crippen MR) is 74.4 cm³/mol. The maximum absolute atomic E-state index is 12.7. The van der Waals surface area contributed by atoms with Gasteiger partial charge in [-0.05, 0) is 18.9 Å². The number of fused-ring (bicyclic) bond motifs is 1. The number of halogens is 1. The molecule has 0 saturated carbocycles. The Hall–Kier alpha value is -1.62. The molecular weight excluding hydrogens is 278 g/mol. The van der Waals surface area contributed by atoms with Gasteiger partial charge in [0.15, 0.2) is 0 Å². The Morgan fingerprint density at radius 3 is 3.05 bits per heavy atom. The summed E-state index contributed by atoms with van der Waals surface area (Å²) in [5.74, 6) is -0.0122. The molecule has 0 radical (unpaired) electrons. The van der Waals surface area contributed by atoms with Gasteiger partial charge < -0.3 is 9.80 Å². The van der Waals surface area contributed by atoms with Crippen molar-refractivity contribution >= 4 is 23.4 Å². The van der Waals surface area contributed by atoms with E-state index in [2.05, 4.69) is 4.98 Å². The number of hydrogen-bond acceptors (Lipinski definition) is 3. The number of carbonyl (C=O) groups is 2. The van der Waals surface area contributed by atoms with E-state index in [9.17, 15) is 9.59 Å². The van der Waals surface area contributed by atoms with Crippen LogP contribution in [0.15, 0.2) is 18.5 Å². The third-order valence-corrected chi connectivity index (χ3v) is 4.50. The van der Waals surface area contributed by atoms with Crippen LogP contribution in [0.2, 0.25) is 5.02 Å². The van der Waals surface area contributed by atoms with Gasteiger partial charge in [-0.25, -0.2) is 0 Å². The van der Waals surface area contributed by atoms with E-state index in [1.165, 1.54) is 6.20 Å². The number of aromatic nitrogens is 1. The topological polar surface area (TPSA) is 53.5 Å². The lowest BCUT2D eigenvalue weighted by Gasteiger charge is -2.36. The SMILES string of the molecule is CN1C[C@@H]2[C@@H](CCCN2C(=O)c2ccncc2Cl)C1=O. The van der Waals surface area contributed by atoms with Crippen LogP contribution >= 0.6 is 11.6 Å². The minimum absolute atomic E-state index is 0.0296. The van der Waals surface area contributed by atoms with Crippen molar-refractivity contribution in [1.82, 2.24) is 14.8 Å². The molecule has 2 atom stereocenters. The van der Waals surface area contributed by atoms with E-state index >= 15 is 0 Å². The second kappa shape index (κ2) is 5.05. The fraction of sp³-hybridized carbons (Fsp3) is 0.500. The lowest BCUT2D eigenvalue weighted by molar-refractivity contribution is -0.130. The molecule has 106 valence electrons. The number of pyridine rings is 1. The molecule has 3 heterocycles. The van der Waals surface area contributed by atoms with Gasteiger partial charge in [0.2, 0.25) is 5.91 Å². The highest BCUT2D eigenvalue weighted by Gasteiger charge is 2.45. The summed E-state index contributed by atoms with van der Waals surface area (Å²) in [6.45, 7) is 1.29. The zero-order valence-electron chi connectivity index (χ0n) is 11.3. The van der Waals surface area contributed by atoms with Gasteiger partial charge in [0.25, 0.3) is 5.91 Å². The minimum atomic E-state index is -0.102. The molecule has 0 N–H and O–H groups in total. The molecular formula is C14H16ClN3O2. The van der Waals surface area contributed by atoms with Gasteiger partial charge >= 0.3 is 0 Å². The number of rotatable bonds is 1. The summed E-state index contributed by atoms with van der Waals surface area (Å²) in [5, 5.41) is 0.359. The first-order valence-corrected chi connectivity index (χ1v) is 7.13. The Kier molecular flexibility index (Phi) is 3.38. The Balaban J connectivity index is 1.88. The van der Waals surface area contributed by atoms with Crippen LogP contribution in [0.5, 0.6) is 0 Å². The van der Waals surface area contributed by atoms with E-state index in [0.717, 1.165) is 12.8 Å². The zero-order chi connectivity index (χ0) is 14.3. The molecule has 0 bridgehead atoms. The fourth-order valence-corrected chi connectivity index (χ4v) is 3.38. The first kappa shape index (κ1) is 13.4. The highest BCUT2D eigenvalue weighted by atomic mass is 35.5. The first-order chi connectivity index (χ1) is 9.59. The van der Waals surface area contributed by atoms with Crippen LogP contribution in [0.4, 0.5) is 0 Å². The minimum Gasteiger partial charge on any atom is -0.343 e.